The third kappa shape index (κ3) is 28.9. The van der Waals surface area contributed by atoms with E-state index in [1.807, 2.05) is 43.3 Å². The lowest BCUT2D eigenvalue weighted by Crippen LogP contribution is -2.10. The molecule has 1 aromatic carbocycles. The van der Waals surface area contributed by atoms with Gasteiger partial charge in [0.15, 0.2) is 6.29 Å². The average Bonchev–Trinajstić information content (AvgIpc) is 2.75. The van der Waals surface area contributed by atoms with Crippen LogP contribution in [0.5, 0.6) is 0 Å². The number of carbonyl (C=O) groups is 3. The highest BCUT2D eigenvalue weighted by atomic mass is 16.6. The fraction of sp³-hybridized carbons (Fsp3) is 0.292. The van der Waals surface area contributed by atoms with Crippen molar-refractivity contribution in [3.8, 4) is 0 Å². The second-order valence-electron chi connectivity index (χ2n) is 5.67. The third-order valence-electron chi connectivity index (χ3n) is 2.76. The summed E-state index contributed by atoms with van der Waals surface area (Å²) in [5.74, 6) is -1.88. The lowest BCUT2D eigenvalue weighted by molar-refractivity contribution is -0.158. The highest BCUT2D eigenvalue weighted by Gasteiger charge is 1.98. The SMILES string of the molecule is C=C(C)C(=O)O.C=CC(=O)OC(C)O.C=CC(=O)OCCCC.C=Cc1ccccc1. The number of benzene rings is 1. The normalized spacial score (nSPS) is 9.29. The molecule has 31 heavy (non-hydrogen) atoms. The molecule has 7 heteroatoms. The number of hydrogen-bond acceptors (Lipinski definition) is 6. The molecule has 0 aliphatic heterocycles. The maximum absolute atomic E-state index is 10.3. The number of aliphatic carboxylic acids is 1. The van der Waals surface area contributed by atoms with E-state index in [1.54, 1.807) is 0 Å². The molecule has 0 saturated carbocycles. The maximum Gasteiger partial charge on any atom is 0.332 e. The quantitative estimate of drug-likeness (QED) is 0.267. The molecule has 0 aliphatic carbocycles. The highest BCUT2D eigenvalue weighted by molar-refractivity contribution is 5.84. The lowest BCUT2D eigenvalue weighted by atomic mass is 10.2. The first-order chi connectivity index (χ1) is 14.5. The Morgan fingerprint density at radius 1 is 1.06 bits per heavy atom. The van der Waals surface area contributed by atoms with Crippen LogP contribution in [0.3, 0.4) is 0 Å². The first-order valence-corrected chi connectivity index (χ1v) is 9.42. The number of carboxylic acid groups (broad SMARTS) is 1. The van der Waals surface area contributed by atoms with Crippen LogP contribution < -0.4 is 0 Å². The van der Waals surface area contributed by atoms with E-state index in [0.29, 0.717) is 6.61 Å². The first-order valence-electron chi connectivity index (χ1n) is 9.42. The minimum Gasteiger partial charge on any atom is -0.478 e. The molecule has 0 amide bonds. The number of ether oxygens (including phenoxy) is 2. The third-order valence-corrected chi connectivity index (χ3v) is 2.76. The fourth-order valence-electron chi connectivity index (χ4n) is 1.18. The van der Waals surface area contributed by atoms with Gasteiger partial charge in [0.25, 0.3) is 0 Å². The summed E-state index contributed by atoms with van der Waals surface area (Å²) >= 11 is 0. The van der Waals surface area contributed by atoms with Crippen LogP contribution in [0, 0.1) is 0 Å². The van der Waals surface area contributed by atoms with Gasteiger partial charge in [0.05, 0.1) is 6.61 Å². The van der Waals surface area contributed by atoms with Crippen LogP contribution >= 0.6 is 0 Å². The van der Waals surface area contributed by atoms with Crippen LogP contribution in [-0.4, -0.2) is 41.0 Å². The Labute approximate surface area is 185 Å². The van der Waals surface area contributed by atoms with E-state index in [1.165, 1.54) is 25.5 Å². The summed E-state index contributed by atoms with van der Waals surface area (Å²) in [4.78, 5) is 30.1. The summed E-state index contributed by atoms with van der Waals surface area (Å²) < 4.78 is 8.87. The van der Waals surface area contributed by atoms with Crippen molar-refractivity contribution >= 4 is 24.0 Å². The minimum absolute atomic E-state index is 0.176. The summed E-state index contributed by atoms with van der Waals surface area (Å²) in [5.41, 5.74) is 1.35. The predicted molar refractivity (Wildman–Crippen MR) is 123 cm³/mol. The van der Waals surface area contributed by atoms with Gasteiger partial charge >= 0.3 is 17.9 Å². The van der Waals surface area contributed by atoms with Gasteiger partial charge in [-0.15, -0.1) is 0 Å². The Hall–Kier alpha value is -3.45. The minimum atomic E-state index is -1.04. The molecular formula is C24H34O7. The summed E-state index contributed by atoms with van der Waals surface area (Å²) in [6.45, 7) is 18.5. The molecule has 0 aliphatic rings. The van der Waals surface area contributed by atoms with Crippen LogP contribution in [0.2, 0.25) is 0 Å². The Kier molecular flexibility index (Phi) is 23.7. The maximum atomic E-state index is 10.3. The molecule has 0 spiro atoms. The van der Waals surface area contributed by atoms with Crippen molar-refractivity contribution in [1.82, 2.24) is 0 Å². The largest absolute Gasteiger partial charge is 0.478 e. The standard InChI is InChI=1S/C8H8.C7H12O2.C5H8O3.C4H6O2/c1-2-8-6-4-3-5-7-8;1-3-5-6-9-7(8)4-2;1-3-5(7)8-4(2)6;1-3(2)4(5)6/h2-7H,1H2;4H,2-3,5-6H2,1H3;3-4,6H,1H2,2H3;1H2,2H3,(H,5,6). The number of carbonyl (C=O) groups excluding carboxylic acids is 2. The zero-order valence-electron chi connectivity index (χ0n) is 18.6. The summed E-state index contributed by atoms with van der Waals surface area (Å²) in [7, 11) is 0. The van der Waals surface area contributed by atoms with E-state index in [2.05, 4.69) is 35.8 Å². The molecule has 172 valence electrons. The highest BCUT2D eigenvalue weighted by Crippen LogP contribution is 1.97. The topological polar surface area (TPSA) is 110 Å². The monoisotopic (exact) mass is 434 g/mol. The van der Waals surface area contributed by atoms with E-state index in [0.717, 1.165) is 18.9 Å². The van der Waals surface area contributed by atoms with Crippen molar-refractivity contribution in [2.75, 3.05) is 6.61 Å². The van der Waals surface area contributed by atoms with Gasteiger partial charge < -0.3 is 19.7 Å². The van der Waals surface area contributed by atoms with Gasteiger partial charge in [0, 0.05) is 17.7 Å². The van der Waals surface area contributed by atoms with Crippen molar-refractivity contribution in [2.45, 2.75) is 39.9 Å². The fourth-order valence-corrected chi connectivity index (χ4v) is 1.18. The zero-order valence-corrected chi connectivity index (χ0v) is 18.6. The summed E-state index contributed by atoms with van der Waals surface area (Å²) in [6.07, 6.45) is 4.94. The Morgan fingerprint density at radius 2 is 1.55 bits per heavy atom. The molecule has 2 N–H and O–H groups in total. The van der Waals surface area contributed by atoms with Crippen LogP contribution in [-0.2, 0) is 23.9 Å². The van der Waals surface area contributed by atoms with Gasteiger partial charge in [-0.25, -0.2) is 14.4 Å². The van der Waals surface area contributed by atoms with Gasteiger partial charge in [0.1, 0.15) is 0 Å². The smallest absolute Gasteiger partial charge is 0.332 e. The Bertz CT molecular complexity index is 664. The average molecular weight is 435 g/mol. The van der Waals surface area contributed by atoms with Crippen LogP contribution in [0.4, 0.5) is 0 Å². The van der Waals surface area contributed by atoms with Crippen LogP contribution in [0.15, 0.2) is 74.4 Å². The van der Waals surface area contributed by atoms with E-state index < -0.39 is 18.2 Å². The van der Waals surface area contributed by atoms with Gasteiger partial charge in [-0.2, -0.15) is 0 Å². The lowest BCUT2D eigenvalue weighted by Gasteiger charge is -2.01. The molecule has 0 fully saturated rings. The number of aliphatic hydroxyl groups excluding tert-OH is 1. The first kappa shape index (κ1) is 32.2. The number of rotatable bonds is 8. The number of unbranched alkanes of at least 4 members (excludes halogenated alkanes) is 1. The van der Waals surface area contributed by atoms with Gasteiger partial charge in [-0.1, -0.05) is 76.1 Å². The number of esters is 2. The number of carboxylic acids is 1. The molecule has 1 rings (SSSR count). The van der Waals surface area contributed by atoms with Crippen molar-refractivity contribution in [2.24, 2.45) is 0 Å². The zero-order chi connectivity index (χ0) is 24.7. The molecule has 0 aromatic heterocycles. The summed E-state index contributed by atoms with van der Waals surface area (Å²) in [6, 6.07) is 10.0. The van der Waals surface area contributed by atoms with Gasteiger partial charge in [0.2, 0.25) is 0 Å². The predicted octanol–water partition coefficient (Wildman–Crippen LogP) is 4.55. The second kappa shape index (κ2) is 22.8. The van der Waals surface area contributed by atoms with Gasteiger partial charge in [-0.05, 0) is 25.8 Å². The van der Waals surface area contributed by atoms with E-state index in [9.17, 15) is 14.4 Å². The molecule has 1 unspecified atom stereocenters. The van der Waals surface area contributed by atoms with E-state index >= 15 is 0 Å². The second-order valence-corrected chi connectivity index (χ2v) is 5.67. The van der Waals surface area contributed by atoms with E-state index in [4.69, 9.17) is 10.2 Å². The van der Waals surface area contributed by atoms with Crippen molar-refractivity contribution < 1.29 is 34.1 Å². The molecule has 0 radical (unpaired) electrons. The molecule has 0 bridgehead atoms. The molecule has 1 aromatic rings. The number of aliphatic hydroxyl groups is 1. The Morgan fingerprint density at radius 3 is 1.81 bits per heavy atom. The molecular weight excluding hydrogens is 400 g/mol. The Balaban J connectivity index is -0.000000340. The van der Waals surface area contributed by atoms with E-state index in [-0.39, 0.29) is 11.5 Å². The van der Waals surface area contributed by atoms with Crippen LogP contribution in [0.1, 0.15) is 39.2 Å². The molecule has 1 atom stereocenters. The van der Waals surface area contributed by atoms with Gasteiger partial charge in [-0.3, -0.25) is 0 Å². The van der Waals surface area contributed by atoms with Crippen LogP contribution in [0.25, 0.3) is 6.08 Å². The molecule has 0 heterocycles. The molecule has 0 saturated heterocycles. The van der Waals surface area contributed by atoms with Crippen molar-refractivity contribution in [1.29, 1.82) is 0 Å². The van der Waals surface area contributed by atoms with Crippen molar-refractivity contribution in [3.63, 3.8) is 0 Å². The number of hydrogen-bond donors (Lipinski definition) is 2. The summed E-state index contributed by atoms with van der Waals surface area (Å²) in [5, 5.41) is 16.3. The molecule has 7 nitrogen and oxygen atoms in total. The van der Waals surface area contributed by atoms with Crippen molar-refractivity contribution in [3.05, 3.63) is 79.9 Å².